The maximum atomic E-state index is 12.7. The lowest BCUT2D eigenvalue weighted by Crippen LogP contribution is -2.29. The molecule has 1 N–H and O–H groups in total. The van der Waals surface area contributed by atoms with Crippen LogP contribution in [0.1, 0.15) is 12.5 Å². The first kappa shape index (κ1) is 18.7. The molecule has 4 rings (SSSR count). The first-order valence-electron chi connectivity index (χ1n) is 9.50. The molecule has 2 heterocycles. The number of carbonyl (C=O) groups is 1. The van der Waals surface area contributed by atoms with Crippen molar-refractivity contribution in [1.82, 2.24) is 19.7 Å². The highest BCUT2D eigenvalue weighted by molar-refractivity contribution is 6.07. The normalized spacial score (nSPS) is 11.1. The maximum Gasteiger partial charge on any atom is 0.291 e. The Kier molecular flexibility index (Phi) is 5.03. The fourth-order valence-electron chi connectivity index (χ4n) is 3.55. The second-order valence-electron chi connectivity index (χ2n) is 6.76. The van der Waals surface area contributed by atoms with Gasteiger partial charge in [0.1, 0.15) is 17.8 Å². The third-order valence-corrected chi connectivity index (χ3v) is 4.92. The van der Waals surface area contributed by atoms with E-state index in [1.54, 1.807) is 17.8 Å². The van der Waals surface area contributed by atoms with Crippen molar-refractivity contribution in [3.05, 3.63) is 70.6 Å². The molecule has 0 fully saturated rings. The van der Waals surface area contributed by atoms with Crippen LogP contribution in [0.3, 0.4) is 0 Å². The third-order valence-electron chi connectivity index (χ3n) is 4.92. The van der Waals surface area contributed by atoms with E-state index in [4.69, 9.17) is 4.74 Å². The molecular weight excluding hydrogens is 368 g/mol. The van der Waals surface area contributed by atoms with Gasteiger partial charge in [-0.3, -0.25) is 9.59 Å². The molecule has 0 unspecified atom stereocenters. The molecule has 0 aliphatic heterocycles. The number of amides is 1. The number of ether oxygens (including phenoxy) is 1. The summed E-state index contributed by atoms with van der Waals surface area (Å²) in [5, 5.41) is 8.72. The van der Waals surface area contributed by atoms with E-state index in [1.807, 2.05) is 55.5 Å². The summed E-state index contributed by atoms with van der Waals surface area (Å²) < 4.78 is 8.66. The van der Waals surface area contributed by atoms with Crippen molar-refractivity contribution in [2.24, 2.45) is 7.05 Å². The van der Waals surface area contributed by atoms with Crippen LogP contribution < -0.4 is 15.6 Å². The van der Waals surface area contributed by atoms with Crippen LogP contribution in [0.15, 0.2) is 59.5 Å². The maximum absolute atomic E-state index is 12.7. The van der Waals surface area contributed by atoms with Gasteiger partial charge in [0.05, 0.1) is 12.8 Å². The van der Waals surface area contributed by atoms with Crippen molar-refractivity contribution in [2.75, 3.05) is 6.61 Å². The van der Waals surface area contributed by atoms with Crippen LogP contribution in [0.2, 0.25) is 0 Å². The molecule has 0 spiro atoms. The third kappa shape index (κ3) is 3.47. The molecular formula is C22H22N4O3. The van der Waals surface area contributed by atoms with Crippen LogP contribution >= 0.6 is 0 Å². The minimum atomic E-state index is -0.229. The Morgan fingerprint density at radius 1 is 1.10 bits per heavy atom. The molecule has 29 heavy (non-hydrogen) atoms. The summed E-state index contributed by atoms with van der Waals surface area (Å²) in [5.74, 6) is 0.574. The Labute approximate surface area is 167 Å². The number of aryl methyl sites for hydroxylation is 1. The number of fused-ring (bicyclic) bond motifs is 3. The summed E-state index contributed by atoms with van der Waals surface area (Å²) in [7, 11) is 1.61. The molecule has 0 bridgehead atoms. The molecule has 7 nitrogen and oxygen atoms in total. The number of nitrogens with one attached hydrogen (secondary N) is 1. The van der Waals surface area contributed by atoms with Crippen LogP contribution in [0, 0.1) is 0 Å². The number of para-hydroxylation sites is 2. The van der Waals surface area contributed by atoms with E-state index in [0.717, 1.165) is 27.6 Å². The van der Waals surface area contributed by atoms with Crippen LogP contribution in [0.4, 0.5) is 0 Å². The first-order valence-corrected chi connectivity index (χ1v) is 9.50. The number of benzene rings is 2. The molecule has 0 saturated heterocycles. The largest absolute Gasteiger partial charge is 0.494 e. The zero-order chi connectivity index (χ0) is 20.4. The number of hydrogen-bond acceptors (Lipinski definition) is 4. The fourth-order valence-corrected chi connectivity index (χ4v) is 3.55. The highest BCUT2D eigenvalue weighted by atomic mass is 16.5. The quantitative estimate of drug-likeness (QED) is 0.549. The molecule has 2 aromatic carbocycles. The van der Waals surface area contributed by atoms with E-state index in [0.29, 0.717) is 18.7 Å². The van der Waals surface area contributed by atoms with E-state index in [-0.39, 0.29) is 18.0 Å². The number of rotatable bonds is 6. The average molecular weight is 390 g/mol. The van der Waals surface area contributed by atoms with Gasteiger partial charge in [-0.05, 0) is 19.1 Å². The fraction of sp³-hybridized carbons (Fsp3) is 0.227. The summed E-state index contributed by atoms with van der Waals surface area (Å²) in [5.41, 5.74) is 1.99. The number of aromatic nitrogens is 3. The molecule has 0 aliphatic rings. The van der Waals surface area contributed by atoms with Gasteiger partial charge in [0.25, 0.3) is 5.56 Å². The van der Waals surface area contributed by atoms with Gasteiger partial charge in [-0.1, -0.05) is 36.4 Å². The highest BCUT2D eigenvalue weighted by Crippen LogP contribution is 2.26. The molecule has 0 saturated carbocycles. The van der Waals surface area contributed by atoms with Gasteiger partial charge in [0.2, 0.25) is 5.91 Å². The van der Waals surface area contributed by atoms with Crippen LogP contribution in [0.5, 0.6) is 5.75 Å². The highest BCUT2D eigenvalue weighted by Gasteiger charge is 2.17. The van der Waals surface area contributed by atoms with E-state index in [1.165, 1.54) is 4.68 Å². The zero-order valence-electron chi connectivity index (χ0n) is 16.4. The van der Waals surface area contributed by atoms with Gasteiger partial charge in [0, 0.05) is 35.4 Å². The van der Waals surface area contributed by atoms with E-state index < -0.39 is 0 Å². The summed E-state index contributed by atoms with van der Waals surface area (Å²) >= 11 is 0. The summed E-state index contributed by atoms with van der Waals surface area (Å²) in [6.07, 6.45) is 1.67. The smallest absolute Gasteiger partial charge is 0.291 e. The molecule has 0 atom stereocenters. The summed E-state index contributed by atoms with van der Waals surface area (Å²) in [6, 6.07) is 15.3. The lowest BCUT2D eigenvalue weighted by atomic mass is 10.2. The topological polar surface area (TPSA) is 78.2 Å². The minimum absolute atomic E-state index is 0.0417. The van der Waals surface area contributed by atoms with E-state index >= 15 is 0 Å². The standard InChI is InChI=1S/C22H22N4O3/c1-3-29-19-11-7-4-8-15(19)12-23-20(27)14-26-18-10-6-5-9-16(18)17-13-24-25(2)22(28)21(17)26/h4-11,13H,3,12,14H2,1-2H3,(H,23,27). The van der Waals surface area contributed by atoms with Crippen molar-refractivity contribution in [1.29, 1.82) is 0 Å². The monoisotopic (exact) mass is 390 g/mol. The van der Waals surface area contributed by atoms with E-state index in [2.05, 4.69) is 10.4 Å². The summed E-state index contributed by atoms with van der Waals surface area (Å²) in [6.45, 7) is 2.88. The molecule has 148 valence electrons. The Bertz CT molecular complexity index is 1260. The molecule has 4 aromatic rings. The van der Waals surface area contributed by atoms with Crippen LogP contribution in [0.25, 0.3) is 21.8 Å². The van der Waals surface area contributed by atoms with Gasteiger partial charge < -0.3 is 14.6 Å². The van der Waals surface area contributed by atoms with Crippen molar-refractivity contribution in [2.45, 2.75) is 20.0 Å². The lowest BCUT2D eigenvalue weighted by Gasteiger charge is -2.12. The predicted molar refractivity (Wildman–Crippen MR) is 112 cm³/mol. The second kappa shape index (κ2) is 7.79. The van der Waals surface area contributed by atoms with Crippen LogP contribution in [-0.4, -0.2) is 26.9 Å². The average Bonchev–Trinajstić information content (AvgIpc) is 3.04. The van der Waals surface area contributed by atoms with Crippen LogP contribution in [-0.2, 0) is 24.9 Å². The number of carbonyl (C=O) groups excluding carboxylic acids is 1. The second-order valence-corrected chi connectivity index (χ2v) is 6.76. The minimum Gasteiger partial charge on any atom is -0.494 e. The Hall–Kier alpha value is -3.61. The molecule has 0 radical (unpaired) electrons. The summed E-state index contributed by atoms with van der Waals surface area (Å²) in [4.78, 5) is 25.5. The molecule has 0 aliphatic carbocycles. The predicted octanol–water partition coefficient (Wildman–Crippen LogP) is 2.60. The van der Waals surface area contributed by atoms with Gasteiger partial charge in [-0.2, -0.15) is 5.10 Å². The Balaban J connectivity index is 1.65. The van der Waals surface area contributed by atoms with Crippen molar-refractivity contribution < 1.29 is 9.53 Å². The zero-order valence-corrected chi connectivity index (χ0v) is 16.4. The Morgan fingerprint density at radius 2 is 1.86 bits per heavy atom. The van der Waals surface area contributed by atoms with Gasteiger partial charge >= 0.3 is 0 Å². The van der Waals surface area contributed by atoms with Crippen molar-refractivity contribution in [3.63, 3.8) is 0 Å². The van der Waals surface area contributed by atoms with E-state index in [9.17, 15) is 9.59 Å². The number of nitrogens with zero attached hydrogens (tertiary/aromatic N) is 3. The lowest BCUT2D eigenvalue weighted by molar-refractivity contribution is -0.121. The van der Waals surface area contributed by atoms with Gasteiger partial charge in [-0.25, -0.2) is 4.68 Å². The van der Waals surface area contributed by atoms with Gasteiger partial charge in [0.15, 0.2) is 0 Å². The molecule has 7 heteroatoms. The van der Waals surface area contributed by atoms with Crippen molar-refractivity contribution in [3.8, 4) is 5.75 Å². The number of hydrogen-bond donors (Lipinski definition) is 1. The van der Waals surface area contributed by atoms with Crippen molar-refractivity contribution >= 4 is 27.7 Å². The first-order chi connectivity index (χ1) is 14.1. The Morgan fingerprint density at radius 3 is 2.69 bits per heavy atom. The molecule has 1 amide bonds. The molecule has 2 aromatic heterocycles. The SMILES string of the molecule is CCOc1ccccc1CNC(=O)Cn1c2ccccc2c2cnn(C)c(=O)c21. The van der Waals surface area contributed by atoms with Gasteiger partial charge in [-0.15, -0.1) is 0 Å².